The van der Waals surface area contributed by atoms with E-state index < -0.39 is 17.1 Å². The smallest absolute Gasteiger partial charge is 0.294 e. The van der Waals surface area contributed by atoms with Crippen molar-refractivity contribution in [3.8, 4) is 11.3 Å². The first-order valence-corrected chi connectivity index (χ1v) is 10.6. The molecule has 2 aromatic carbocycles. The zero-order valence-electron chi connectivity index (χ0n) is 16.4. The Morgan fingerprint density at radius 2 is 1.90 bits per heavy atom. The van der Waals surface area contributed by atoms with E-state index in [4.69, 9.17) is 16.0 Å². The Labute approximate surface area is 187 Å². The van der Waals surface area contributed by atoms with Crippen molar-refractivity contribution in [2.24, 2.45) is 0 Å². The molecule has 1 saturated heterocycles. The number of rotatable bonds is 5. The van der Waals surface area contributed by atoms with Gasteiger partial charge in [-0.3, -0.25) is 19.3 Å². The van der Waals surface area contributed by atoms with Crippen LogP contribution in [-0.2, 0) is 9.59 Å². The van der Waals surface area contributed by atoms with Gasteiger partial charge < -0.3 is 9.73 Å². The van der Waals surface area contributed by atoms with Crippen LogP contribution in [0.2, 0.25) is 5.02 Å². The topological polar surface area (TPSA) is 79.6 Å². The lowest BCUT2D eigenvalue weighted by atomic mass is 10.2. The van der Waals surface area contributed by atoms with Crippen molar-refractivity contribution in [2.75, 3.05) is 11.9 Å². The van der Waals surface area contributed by atoms with Gasteiger partial charge in [0.2, 0.25) is 5.91 Å². The third-order valence-electron chi connectivity index (χ3n) is 4.61. The van der Waals surface area contributed by atoms with Crippen molar-refractivity contribution in [1.29, 1.82) is 0 Å². The van der Waals surface area contributed by atoms with Crippen LogP contribution in [0.5, 0.6) is 0 Å². The minimum atomic E-state index is -0.536. The fourth-order valence-corrected chi connectivity index (χ4v) is 4.01. The number of anilines is 1. The molecule has 1 aliphatic heterocycles. The number of carbonyl (C=O) groups is 3. The summed E-state index contributed by atoms with van der Waals surface area (Å²) >= 11 is 6.74. The summed E-state index contributed by atoms with van der Waals surface area (Å²) < 4.78 is 5.77. The molecule has 1 N–H and O–H groups in total. The average molecular weight is 453 g/mol. The third-order valence-corrected chi connectivity index (χ3v) is 5.75. The van der Waals surface area contributed by atoms with Gasteiger partial charge in [0, 0.05) is 22.3 Å². The second-order valence-corrected chi connectivity index (χ2v) is 8.27. The molecule has 0 spiro atoms. The summed E-state index contributed by atoms with van der Waals surface area (Å²) in [4.78, 5) is 38.5. The number of hydrogen-bond acceptors (Lipinski definition) is 5. The Bertz CT molecular complexity index is 1200. The summed E-state index contributed by atoms with van der Waals surface area (Å²) in [6.07, 6.45) is 1.51. The van der Waals surface area contributed by atoms with Gasteiger partial charge in [0.1, 0.15) is 18.1 Å². The Kier molecular flexibility index (Phi) is 5.97. The van der Waals surface area contributed by atoms with Crippen LogP contribution in [0.1, 0.15) is 11.3 Å². The SMILES string of the molecule is Cc1ccc(Cl)cc1NC(=O)CN1C(=O)S/C(=C\c2ccc(-c3ccccc3)o2)C1=O. The molecule has 8 heteroatoms. The summed E-state index contributed by atoms with van der Waals surface area (Å²) in [6.45, 7) is 1.43. The van der Waals surface area contributed by atoms with E-state index in [0.717, 1.165) is 27.8 Å². The first-order chi connectivity index (χ1) is 14.9. The highest BCUT2D eigenvalue weighted by Crippen LogP contribution is 2.33. The van der Waals surface area contributed by atoms with Crippen LogP contribution < -0.4 is 5.32 Å². The number of benzene rings is 2. The molecule has 3 amide bonds. The molecule has 0 unspecified atom stereocenters. The van der Waals surface area contributed by atoms with Gasteiger partial charge in [-0.1, -0.05) is 48.0 Å². The van der Waals surface area contributed by atoms with Gasteiger partial charge in [0.05, 0.1) is 4.91 Å². The first kappa shape index (κ1) is 21.0. The van der Waals surface area contributed by atoms with Crippen LogP contribution in [0.4, 0.5) is 10.5 Å². The molecule has 0 bridgehead atoms. The number of nitrogens with zero attached hydrogens (tertiary/aromatic N) is 1. The number of thioether (sulfide) groups is 1. The monoisotopic (exact) mass is 452 g/mol. The lowest BCUT2D eigenvalue weighted by Gasteiger charge is -2.13. The maximum Gasteiger partial charge on any atom is 0.294 e. The lowest BCUT2D eigenvalue weighted by molar-refractivity contribution is -0.127. The second kappa shape index (κ2) is 8.83. The Morgan fingerprint density at radius 3 is 2.68 bits per heavy atom. The van der Waals surface area contributed by atoms with Gasteiger partial charge in [-0.25, -0.2) is 0 Å². The Hall–Kier alpha value is -3.29. The van der Waals surface area contributed by atoms with E-state index in [1.54, 1.807) is 30.3 Å². The van der Waals surface area contributed by atoms with Gasteiger partial charge in [-0.15, -0.1) is 0 Å². The Morgan fingerprint density at radius 1 is 1.13 bits per heavy atom. The highest BCUT2D eigenvalue weighted by atomic mass is 35.5. The van der Waals surface area contributed by atoms with Gasteiger partial charge in [-0.2, -0.15) is 0 Å². The van der Waals surface area contributed by atoms with E-state index in [2.05, 4.69) is 5.32 Å². The van der Waals surface area contributed by atoms with Crippen LogP contribution in [0.25, 0.3) is 17.4 Å². The van der Waals surface area contributed by atoms with E-state index in [9.17, 15) is 14.4 Å². The van der Waals surface area contributed by atoms with Gasteiger partial charge in [-0.05, 0) is 48.5 Å². The largest absolute Gasteiger partial charge is 0.457 e. The van der Waals surface area contributed by atoms with Crippen molar-refractivity contribution in [1.82, 2.24) is 4.90 Å². The zero-order valence-corrected chi connectivity index (χ0v) is 18.0. The number of hydrogen-bond donors (Lipinski definition) is 1. The molecule has 1 aliphatic rings. The minimum absolute atomic E-state index is 0.200. The van der Waals surface area contributed by atoms with Crippen LogP contribution in [0, 0.1) is 6.92 Å². The van der Waals surface area contributed by atoms with E-state index in [0.29, 0.717) is 22.2 Å². The van der Waals surface area contributed by atoms with Crippen molar-refractivity contribution in [2.45, 2.75) is 6.92 Å². The number of amides is 3. The summed E-state index contributed by atoms with van der Waals surface area (Å²) in [5.74, 6) is 0.0783. The maximum absolute atomic E-state index is 12.7. The summed E-state index contributed by atoms with van der Waals surface area (Å²) in [7, 11) is 0. The normalized spacial score (nSPS) is 15.0. The molecule has 0 radical (unpaired) electrons. The highest BCUT2D eigenvalue weighted by Gasteiger charge is 2.36. The second-order valence-electron chi connectivity index (χ2n) is 6.84. The molecule has 6 nitrogen and oxygen atoms in total. The predicted molar refractivity (Wildman–Crippen MR) is 122 cm³/mol. The van der Waals surface area contributed by atoms with Crippen LogP contribution >= 0.6 is 23.4 Å². The standard InChI is InChI=1S/C23H17ClN2O4S/c1-14-7-8-16(24)11-18(14)25-21(27)13-26-22(28)20(31-23(26)29)12-17-9-10-19(30-17)15-5-3-2-4-6-15/h2-12H,13H2,1H3,(H,25,27)/b20-12-. The Balaban J connectivity index is 1.46. The third kappa shape index (κ3) is 4.73. The number of carbonyl (C=O) groups excluding carboxylic acids is 3. The molecule has 1 fully saturated rings. The predicted octanol–water partition coefficient (Wildman–Crippen LogP) is 5.58. The molecule has 4 rings (SSSR count). The van der Waals surface area contributed by atoms with Crippen LogP contribution in [0.15, 0.2) is 70.0 Å². The molecule has 0 aliphatic carbocycles. The summed E-state index contributed by atoms with van der Waals surface area (Å²) in [5, 5.41) is 2.65. The fraction of sp³-hybridized carbons (Fsp3) is 0.0870. The van der Waals surface area contributed by atoms with Crippen molar-refractivity contribution < 1.29 is 18.8 Å². The number of aryl methyl sites for hydroxylation is 1. The fourth-order valence-electron chi connectivity index (χ4n) is 3.02. The zero-order chi connectivity index (χ0) is 22.0. The molecular weight excluding hydrogens is 436 g/mol. The lowest BCUT2D eigenvalue weighted by Crippen LogP contribution is -2.36. The quantitative estimate of drug-likeness (QED) is 0.511. The van der Waals surface area contributed by atoms with Gasteiger partial charge in [0.25, 0.3) is 11.1 Å². The molecule has 156 valence electrons. The van der Waals surface area contributed by atoms with Crippen molar-refractivity contribution in [3.05, 3.63) is 81.9 Å². The minimum Gasteiger partial charge on any atom is -0.457 e. The molecule has 31 heavy (non-hydrogen) atoms. The molecule has 0 atom stereocenters. The summed E-state index contributed by atoms with van der Waals surface area (Å²) in [6, 6.07) is 18.2. The first-order valence-electron chi connectivity index (χ1n) is 9.37. The number of furan rings is 1. The molecule has 1 aromatic heterocycles. The number of nitrogens with one attached hydrogen (secondary N) is 1. The molecule has 2 heterocycles. The maximum atomic E-state index is 12.7. The van der Waals surface area contributed by atoms with E-state index in [1.807, 2.05) is 37.3 Å². The number of imide groups is 1. The summed E-state index contributed by atoms with van der Waals surface area (Å²) in [5.41, 5.74) is 2.26. The molecular formula is C23H17ClN2O4S. The van der Waals surface area contributed by atoms with Gasteiger partial charge in [0.15, 0.2) is 0 Å². The van der Waals surface area contributed by atoms with Crippen LogP contribution in [-0.4, -0.2) is 28.5 Å². The number of halogens is 1. The van der Waals surface area contributed by atoms with Crippen LogP contribution in [0.3, 0.4) is 0 Å². The van der Waals surface area contributed by atoms with E-state index in [1.165, 1.54) is 6.08 Å². The molecule has 0 saturated carbocycles. The van der Waals surface area contributed by atoms with Crippen molar-refractivity contribution in [3.63, 3.8) is 0 Å². The van der Waals surface area contributed by atoms with E-state index >= 15 is 0 Å². The van der Waals surface area contributed by atoms with E-state index in [-0.39, 0.29) is 11.4 Å². The van der Waals surface area contributed by atoms with Gasteiger partial charge >= 0.3 is 0 Å². The average Bonchev–Trinajstić information content (AvgIpc) is 3.32. The molecule has 3 aromatic rings. The highest BCUT2D eigenvalue weighted by molar-refractivity contribution is 8.18. The van der Waals surface area contributed by atoms with Crippen molar-refractivity contribution >= 4 is 52.2 Å².